The van der Waals surface area contributed by atoms with Crippen LogP contribution in [0.25, 0.3) is 0 Å². The van der Waals surface area contributed by atoms with Gasteiger partial charge in [-0.1, -0.05) is 6.92 Å². The van der Waals surface area contributed by atoms with Gasteiger partial charge in [-0.25, -0.2) is 0 Å². The molecule has 2 rings (SSSR count). The van der Waals surface area contributed by atoms with Crippen molar-refractivity contribution in [3.63, 3.8) is 0 Å². The summed E-state index contributed by atoms with van der Waals surface area (Å²) in [7, 11) is 2.12. The van der Waals surface area contributed by atoms with Crippen molar-refractivity contribution >= 4 is 11.4 Å². The molecule has 1 saturated heterocycles. The molecule has 1 heterocycles. The van der Waals surface area contributed by atoms with Crippen LogP contribution in [0.15, 0.2) is 18.2 Å². The molecule has 1 aliphatic rings. The maximum atomic E-state index is 11.0. The van der Waals surface area contributed by atoms with Gasteiger partial charge in [0.05, 0.1) is 17.6 Å². The number of hydrogen-bond donors (Lipinski definition) is 1. The highest BCUT2D eigenvalue weighted by Crippen LogP contribution is 2.28. The van der Waals surface area contributed by atoms with Crippen LogP contribution in [0.4, 0.5) is 11.4 Å². The Hall–Kier alpha value is -1.82. The zero-order valence-electron chi connectivity index (χ0n) is 12.8. The predicted octanol–water partition coefficient (Wildman–Crippen LogP) is 2.75. The Kier molecular flexibility index (Phi) is 5.01. The number of nitro benzene ring substituents is 1. The highest BCUT2D eigenvalue weighted by atomic mass is 16.6. The molecule has 116 valence electrons. The average molecular weight is 293 g/mol. The number of non-ortho nitro benzene ring substituents is 1. The van der Waals surface area contributed by atoms with Crippen molar-refractivity contribution in [2.24, 2.45) is 5.92 Å². The zero-order valence-corrected chi connectivity index (χ0v) is 12.8. The lowest BCUT2D eigenvalue weighted by Crippen LogP contribution is -2.43. The topological polar surface area (TPSA) is 67.6 Å². The van der Waals surface area contributed by atoms with Crippen LogP contribution in [0.3, 0.4) is 0 Å². The number of piperidine rings is 1. The number of nitrogens with one attached hydrogen (secondary N) is 1. The molecule has 0 aliphatic carbocycles. The molecule has 2 atom stereocenters. The fourth-order valence-corrected chi connectivity index (χ4v) is 2.80. The van der Waals surface area contributed by atoms with E-state index in [9.17, 15) is 10.1 Å². The highest BCUT2D eigenvalue weighted by molar-refractivity contribution is 5.57. The maximum absolute atomic E-state index is 11.0. The first-order chi connectivity index (χ1) is 9.99. The number of rotatable bonds is 5. The third kappa shape index (κ3) is 4.07. The molecule has 1 aromatic rings. The Morgan fingerprint density at radius 1 is 1.48 bits per heavy atom. The summed E-state index contributed by atoms with van der Waals surface area (Å²) in [5.41, 5.74) is 0.818. The minimum Gasteiger partial charge on any atom is -0.494 e. The lowest BCUT2D eigenvalue weighted by molar-refractivity contribution is -0.384. The van der Waals surface area contributed by atoms with Crippen LogP contribution in [-0.2, 0) is 0 Å². The summed E-state index contributed by atoms with van der Waals surface area (Å²) >= 11 is 0. The highest BCUT2D eigenvalue weighted by Gasteiger charge is 2.24. The number of hydrogen-bond acceptors (Lipinski definition) is 5. The van der Waals surface area contributed by atoms with E-state index in [4.69, 9.17) is 4.74 Å². The largest absolute Gasteiger partial charge is 0.494 e. The fourth-order valence-electron chi connectivity index (χ4n) is 2.80. The summed E-state index contributed by atoms with van der Waals surface area (Å²) in [6, 6.07) is 5.21. The van der Waals surface area contributed by atoms with E-state index in [-0.39, 0.29) is 10.6 Å². The standard InChI is InChI=1S/C15H23N3O3/c1-4-21-14-8-12(7-13(9-14)18(19)20)16-15-5-6-17(3)10-11(15)2/h7-9,11,15-16H,4-6,10H2,1-3H3. The molecule has 1 aromatic carbocycles. The normalized spacial score (nSPS) is 22.8. The third-order valence-electron chi connectivity index (χ3n) is 3.87. The first-order valence-electron chi connectivity index (χ1n) is 7.37. The van der Waals surface area contributed by atoms with Crippen LogP contribution >= 0.6 is 0 Å². The number of ether oxygens (including phenoxy) is 1. The minimum absolute atomic E-state index is 0.0593. The molecular weight excluding hydrogens is 270 g/mol. The van der Waals surface area contributed by atoms with E-state index in [1.807, 2.05) is 13.0 Å². The van der Waals surface area contributed by atoms with Crippen LogP contribution in [0.1, 0.15) is 20.3 Å². The van der Waals surface area contributed by atoms with Gasteiger partial charge in [0.25, 0.3) is 5.69 Å². The van der Waals surface area contributed by atoms with Gasteiger partial charge < -0.3 is 15.0 Å². The van der Waals surface area contributed by atoms with Gasteiger partial charge in [-0.3, -0.25) is 10.1 Å². The van der Waals surface area contributed by atoms with Crippen molar-refractivity contribution in [1.82, 2.24) is 4.90 Å². The van der Waals surface area contributed by atoms with E-state index in [2.05, 4.69) is 24.2 Å². The molecule has 0 aromatic heterocycles. The molecule has 6 nitrogen and oxygen atoms in total. The van der Waals surface area contributed by atoms with Gasteiger partial charge in [-0.15, -0.1) is 0 Å². The first kappa shape index (κ1) is 15.6. The van der Waals surface area contributed by atoms with E-state index in [0.717, 1.165) is 25.2 Å². The molecule has 0 radical (unpaired) electrons. The van der Waals surface area contributed by atoms with E-state index in [0.29, 0.717) is 24.3 Å². The smallest absolute Gasteiger partial charge is 0.275 e. The molecule has 1 fully saturated rings. The lowest BCUT2D eigenvalue weighted by Gasteiger charge is -2.35. The van der Waals surface area contributed by atoms with Gasteiger partial charge in [0, 0.05) is 30.4 Å². The van der Waals surface area contributed by atoms with E-state index in [1.165, 1.54) is 6.07 Å². The minimum atomic E-state index is -0.383. The number of likely N-dealkylation sites (tertiary alicyclic amines) is 1. The van der Waals surface area contributed by atoms with Gasteiger partial charge in [0.2, 0.25) is 0 Å². The maximum Gasteiger partial charge on any atom is 0.275 e. The average Bonchev–Trinajstić information content (AvgIpc) is 2.42. The fraction of sp³-hybridized carbons (Fsp3) is 0.600. The molecule has 1 aliphatic heterocycles. The van der Waals surface area contributed by atoms with Gasteiger partial charge in [-0.05, 0) is 32.9 Å². The zero-order chi connectivity index (χ0) is 15.4. The van der Waals surface area contributed by atoms with Gasteiger partial charge in [-0.2, -0.15) is 0 Å². The Bertz CT molecular complexity index is 507. The number of anilines is 1. The van der Waals surface area contributed by atoms with E-state index in [1.54, 1.807) is 6.07 Å². The first-order valence-corrected chi connectivity index (χ1v) is 7.37. The second-order valence-electron chi connectivity index (χ2n) is 5.68. The second kappa shape index (κ2) is 6.76. The van der Waals surface area contributed by atoms with Gasteiger partial charge in [0.15, 0.2) is 0 Å². The van der Waals surface area contributed by atoms with Crippen molar-refractivity contribution in [1.29, 1.82) is 0 Å². The molecule has 0 bridgehead atoms. The molecule has 0 amide bonds. The lowest BCUT2D eigenvalue weighted by atomic mass is 9.94. The quantitative estimate of drug-likeness (QED) is 0.668. The van der Waals surface area contributed by atoms with E-state index < -0.39 is 0 Å². The van der Waals surface area contributed by atoms with Crippen molar-refractivity contribution in [3.8, 4) is 5.75 Å². The molecule has 6 heteroatoms. The summed E-state index contributed by atoms with van der Waals surface area (Å²) in [5, 5.41) is 14.5. The predicted molar refractivity (Wildman–Crippen MR) is 83.0 cm³/mol. The van der Waals surface area contributed by atoms with Gasteiger partial charge >= 0.3 is 0 Å². The summed E-state index contributed by atoms with van der Waals surface area (Å²) in [6.07, 6.45) is 1.03. The van der Waals surface area contributed by atoms with Crippen LogP contribution in [0, 0.1) is 16.0 Å². The van der Waals surface area contributed by atoms with Gasteiger partial charge in [0.1, 0.15) is 5.75 Å². The summed E-state index contributed by atoms with van der Waals surface area (Å²) in [6.45, 7) is 6.63. The third-order valence-corrected chi connectivity index (χ3v) is 3.87. The van der Waals surface area contributed by atoms with Crippen LogP contribution < -0.4 is 10.1 Å². The Balaban J connectivity index is 2.16. The Labute approximate surface area is 125 Å². The molecule has 2 unspecified atom stereocenters. The number of nitrogens with zero attached hydrogens (tertiary/aromatic N) is 2. The SMILES string of the molecule is CCOc1cc(NC2CCN(C)CC2C)cc([N+](=O)[O-])c1. The van der Waals surface area contributed by atoms with Crippen molar-refractivity contribution in [2.45, 2.75) is 26.3 Å². The van der Waals surface area contributed by atoms with E-state index >= 15 is 0 Å². The molecule has 21 heavy (non-hydrogen) atoms. The Morgan fingerprint density at radius 3 is 2.86 bits per heavy atom. The van der Waals surface area contributed by atoms with Crippen LogP contribution in [0.2, 0.25) is 0 Å². The van der Waals surface area contributed by atoms with Crippen molar-refractivity contribution in [3.05, 3.63) is 28.3 Å². The Morgan fingerprint density at radius 2 is 2.24 bits per heavy atom. The van der Waals surface area contributed by atoms with Crippen molar-refractivity contribution in [2.75, 3.05) is 32.1 Å². The monoisotopic (exact) mass is 293 g/mol. The molecule has 1 N–H and O–H groups in total. The molecular formula is C15H23N3O3. The van der Waals surface area contributed by atoms with Crippen molar-refractivity contribution < 1.29 is 9.66 Å². The molecule has 0 saturated carbocycles. The summed E-state index contributed by atoms with van der Waals surface area (Å²) in [4.78, 5) is 12.9. The molecule has 0 spiro atoms. The number of nitro groups is 1. The van der Waals surface area contributed by atoms with Crippen LogP contribution in [0.5, 0.6) is 5.75 Å². The number of benzene rings is 1. The summed E-state index contributed by atoms with van der Waals surface area (Å²) < 4.78 is 5.42. The second-order valence-corrected chi connectivity index (χ2v) is 5.68. The summed E-state index contributed by atoms with van der Waals surface area (Å²) in [5.74, 6) is 1.04. The van der Waals surface area contributed by atoms with Crippen LogP contribution in [-0.4, -0.2) is 42.6 Å².